The van der Waals surface area contributed by atoms with Crippen molar-refractivity contribution < 1.29 is 14.4 Å². The zero-order chi connectivity index (χ0) is 19.6. The molecule has 0 aliphatic heterocycles. The standard InChI is InChI=1S/C22H19N3O3/c1-22(16-9-3-2-4-10-16,21(26)24-19-13-7-8-14-25(19)27)15-20-23-17-11-5-6-12-18(17)28-20/h2-14,27H,15H2,1H3. The van der Waals surface area contributed by atoms with Crippen LogP contribution in [0.1, 0.15) is 18.4 Å². The molecule has 1 unspecified atom stereocenters. The first-order valence-corrected chi connectivity index (χ1v) is 8.92. The zero-order valence-corrected chi connectivity index (χ0v) is 15.3. The Bertz CT molecular complexity index is 1160. The number of fused-ring (bicyclic) bond motifs is 1. The molecule has 0 aliphatic rings. The smallest absolute Gasteiger partial charge is 0.258 e. The normalized spacial score (nSPS) is 14.1. The van der Waals surface area contributed by atoms with Crippen LogP contribution in [0.5, 0.6) is 0 Å². The van der Waals surface area contributed by atoms with Crippen LogP contribution in [0.15, 0.2) is 88.4 Å². The lowest BCUT2D eigenvalue weighted by Gasteiger charge is -2.25. The Kier molecular flexibility index (Phi) is 4.53. The molecular weight excluding hydrogens is 354 g/mol. The average Bonchev–Trinajstić information content (AvgIpc) is 3.12. The number of hydrogen-bond acceptors (Lipinski definition) is 4. The van der Waals surface area contributed by atoms with E-state index in [-0.39, 0.29) is 11.9 Å². The molecular formula is C22H19N3O3. The van der Waals surface area contributed by atoms with Crippen LogP contribution in [0.3, 0.4) is 0 Å². The predicted molar refractivity (Wildman–Crippen MR) is 104 cm³/mol. The molecule has 140 valence electrons. The highest BCUT2D eigenvalue weighted by molar-refractivity contribution is 5.89. The lowest BCUT2D eigenvalue weighted by molar-refractivity contribution is -0.123. The van der Waals surface area contributed by atoms with Crippen molar-refractivity contribution in [3.05, 3.63) is 95.9 Å². The summed E-state index contributed by atoms with van der Waals surface area (Å²) in [7, 11) is 0. The average molecular weight is 373 g/mol. The molecule has 0 saturated carbocycles. The van der Waals surface area contributed by atoms with E-state index >= 15 is 0 Å². The molecule has 6 heteroatoms. The first-order valence-electron chi connectivity index (χ1n) is 8.92. The van der Waals surface area contributed by atoms with E-state index in [9.17, 15) is 10.0 Å². The van der Waals surface area contributed by atoms with Crippen LogP contribution >= 0.6 is 0 Å². The first kappa shape index (κ1) is 17.7. The van der Waals surface area contributed by atoms with Crippen LogP contribution in [0.4, 0.5) is 0 Å². The maximum absolute atomic E-state index is 13.2. The van der Waals surface area contributed by atoms with Gasteiger partial charge in [-0.25, -0.2) is 4.98 Å². The Morgan fingerprint density at radius 3 is 2.54 bits per heavy atom. The monoisotopic (exact) mass is 373 g/mol. The van der Waals surface area contributed by atoms with Crippen LogP contribution < -0.4 is 5.49 Å². The number of pyridine rings is 1. The third kappa shape index (κ3) is 3.32. The molecule has 0 fully saturated rings. The van der Waals surface area contributed by atoms with Gasteiger partial charge in [-0.15, -0.1) is 0 Å². The van der Waals surface area contributed by atoms with E-state index in [1.165, 1.54) is 6.20 Å². The minimum Gasteiger partial charge on any atom is -0.441 e. The van der Waals surface area contributed by atoms with Crippen LogP contribution in [0.25, 0.3) is 11.1 Å². The largest absolute Gasteiger partial charge is 0.441 e. The van der Waals surface area contributed by atoms with Gasteiger partial charge >= 0.3 is 0 Å². The summed E-state index contributed by atoms with van der Waals surface area (Å²) in [5, 5.41) is 9.92. The molecule has 1 N–H and O–H groups in total. The van der Waals surface area contributed by atoms with Crippen molar-refractivity contribution in [1.82, 2.24) is 9.71 Å². The number of nitrogens with zero attached hydrogens (tertiary/aromatic N) is 3. The van der Waals surface area contributed by atoms with Crippen molar-refractivity contribution in [2.45, 2.75) is 18.8 Å². The van der Waals surface area contributed by atoms with Crippen molar-refractivity contribution in [2.24, 2.45) is 4.99 Å². The Labute approximate surface area is 161 Å². The Hall–Kier alpha value is -3.67. The quantitative estimate of drug-likeness (QED) is 0.555. The first-order chi connectivity index (χ1) is 13.6. The fourth-order valence-electron chi connectivity index (χ4n) is 3.15. The van der Waals surface area contributed by atoms with Gasteiger partial charge in [0.2, 0.25) is 0 Å². The van der Waals surface area contributed by atoms with Gasteiger partial charge in [0.05, 0.1) is 5.41 Å². The van der Waals surface area contributed by atoms with Gasteiger partial charge in [-0.2, -0.15) is 9.72 Å². The van der Waals surface area contributed by atoms with E-state index in [0.29, 0.717) is 11.5 Å². The minimum absolute atomic E-state index is 0.159. The summed E-state index contributed by atoms with van der Waals surface area (Å²) < 4.78 is 6.67. The summed E-state index contributed by atoms with van der Waals surface area (Å²) in [6.45, 7) is 1.81. The third-order valence-corrected chi connectivity index (χ3v) is 4.76. The van der Waals surface area contributed by atoms with E-state index < -0.39 is 11.3 Å². The highest BCUT2D eigenvalue weighted by Gasteiger charge is 2.37. The highest BCUT2D eigenvalue weighted by atomic mass is 16.5. The number of para-hydroxylation sites is 2. The molecule has 0 aliphatic carbocycles. The van der Waals surface area contributed by atoms with E-state index in [2.05, 4.69) is 9.98 Å². The van der Waals surface area contributed by atoms with Crippen molar-refractivity contribution in [2.75, 3.05) is 0 Å². The van der Waals surface area contributed by atoms with E-state index in [0.717, 1.165) is 15.8 Å². The van der Waals surface area contributed by atoms with Crippen LogP contribution in [-0.4, -0.2) is 20.8 Å². The Morgan fingerprint density at radius 1 is 1.07 bits per heavy atom. The minimum atomic E-state index is -1.01. The Balaban J connectivity index is 1.79. The van der Waals surface area contributed by atoms with Crippen molar-refractivity contribution in [3.63, 3.8) is 0 Å². The van der Waals surface area contributed by atoms with Crippen molar-refractivity contribution in [1.29, 1.82) is 0 Å². The van der Waals surface area contributed by atoms with Gasteiger partial charge in [0, 0.05) is 12.6 Å². The molecule has 2 aromatic heterocycles. The van der Waals surface area contributed by atoms with E-state index in [4.69, 9.17) is 4.42 Å². The predicted octanol–water partition coefficient (Wildman–Crippen LogP) is 3.49. The summed E-state index contributed by atoms with van der Waals surface area (Å²) in [4.78, 5) is 21.9. The third-order valence-electron chi connectivity index (χ3n) is 4.76. The number of hydrogen-bond donors (Lipinski definition) is 1. The topological polar surface area (TPSA) is 80.6 Å². The number of carbonyl (C=O) groups is 1. The number of benzene rings is 2. The van der Waals surface area contributed by atoms with Gasteiger partial charge in [-0.1, -0.05) is 48.5 Å². The van der Waals surface area contributed by atoms with Crippen LogP contribution in [0.2, 0.25) is 0 Å². The molecule has 28 heavy (non-hydrogen) atoms. The number of oxazole rings is 1. The molecule has 0 spiro atoms. The summed E-state index contributed by atoms with van der Waals surface area (Å²) in [5.41, 5.74) is 1.37. The highest BCUT2D eigenvalue weighted by Crippen LogP contribution is 2.30. The Morgan fingerprint density at radius 2 is 1.79 bits per heavy atom. The maximum atomic E-state index is 13.2. The van der Waals surface area contributed by atoms with Gasteiger partial charge in [0.15, 0.2) is 17.0 Å². The lowest BCUT2D eigenvalue weighted by Crippen LogP contribution is -2.36. The molecule has 0 saturated heterocycles. The van der Waals surface area contributed by atoms with Gasteiger partial charge in [0.25, 0.3) is 5.91 Å². The van der Waals surface area contributed by atoms with Gasteiger partial charge in [-0.05, 0) is 36.8 Å². The van der Waals surface area contributed by atoms with E-state index in [1.54, 1.807) is 18.2 Å². The molecule has 4 aromatic rings. The summed E-state index contributed by atoms with van der Waals surface area (Å²) in [5.74, 6) is 0.0657. The van der Waals surface area contributed by atoms with Crippen molar-refractivity contribution >= 4 is 17.0 Å². The molecule has 1 amide bonds. The maximum Gasteiger partial charge on any atom is 0.258 e. The summed E-state index contributed by atoms with van der Waals surface area (Å²) >= 11 is 0. The van der Waals surface area contributed by atoms with Crippen LogP contribution in [-0.2, 0) is 16.6 Å². The van der Waals surface area contributed by atoms with Gasteiger partial charge in [-0.3, -0.25) is 4.79 Å². The second-order valence-electron chi connectivity index (χ2n) is 6.77. The summed E-state index contributed by atoms with van der Waals surface area (Å²) in [6, 6.07) is 21.8. The molecule has 6 nitrogen and oxygen atoms in total. The van der Waals surface area contributed by atoms with Gasteiger partial charge < -0.3 is 9.62 Å². The fraction of sp³-hybridized carbons (Fsp3) is 0.136. The number of rotatable bonds is 4. The van der Waals surface area contributed by atoms with E-state index in [1.807, 2.05) is 61.5 Å². The molecule has 0 radical (unpaired) electrons. The number of aromatic nitrogens is 2. The van der Waals surface area contributed by atoms with Crippen molar-refractivity contribution in [3.8, 4) is 0 Å². The second kappa shape index (κ2) is 7.15. The molecule has 4 rings (SSSR count). The van der Waals surface area contributed by atoms with Gasteiger partial charge in [0.1, 0.15) is 5.52 Å². The zero-order valence-electron chi connectivity index (χ0n) is 15.3. The number of carbonyl (C=O) groups excluding carboxylic acids is 1. The fourth-order valence-corrected chi connectivity index (χ4v) is 3.15. The molecule has 2 aromatic carbocycles. The van der Waals surface area contributed by atoms with Crippen LogP contribution in [0, 0.1) is 0 Å². The SMILES string of the molecule is CC(Cc1nc2ccccc2o1)(C(=O)N=c1ccccn1O)c1ccccc1. The summed E-state index contributed by atoms with van der Waals surface area (Å²) in [6.07, 6.45) is 1.67. The molecule has 1 atom stereocenters. The molecule has 2 heterocycles. The molecule has 0 bridgehead atoms. The number of amides is 1. The lowest BCUT2D eigenvalue weighted by atomic mass is 9.78. The second-order valence-corrected chi connectivity index (χ2v) is 6.77.